The maximum Gasteiger partial charge on any atom is 0.0488 e. The van der Waals surface area contributed by atoms with Crippen molar-refractivity contribution in [3.8, 4) is 0 Å². The van der Waals surface area contributed by atoms with Crippen LogP contribution >= 0.6 is 11.6 Å². The monoisotopic (exact) mass is 252 g/mol. The first-order chi connectivity index (χ1) is 8.31. The van der Waals surface area contributed by atoms with Crippen molar-refractivity contribution in [3.05, 3.63) is 34.9 Å². The van der Waals surface area contributed by atoms with Crippen LogP contribution < -0.4 is 11.3 Å². The van der Waals surface area contributed by atoms with Crippen molar-refractivity contribution in [1.82, 2.24) is 5.43 Å². The van der Waals surface area contributed by atoms with Crippen molar-refractivity contribution >= 4 is 11.6 Å². The molecule has 0 aliphatic heterocycles. The number of rotatable bonds is 3. The summed E-state index contributed by atoms with van der Waals surface area (Å²) >= 11 is 6.05. The van der Waals surface area contributed by atoms with Crippen LogP contribution in [0.25, 0.3) is 0 Å². The van der Waals surface area contributed by atoms with Gasteiger partial charge >= 0.3 is 0 Å². The van der Waals surface area contributed by atoms with Gasteiger partial charge in [-0.15, -0.1) is 0 Å². The second-order valence-corrected chi connectivity index (χ2v) is 5.39. The van der Waals surface area contributed by atoms with Crippen molar-refractivity contribution in [2.75, 3.05) is 0 Å². The standard InChI is InChI=1S/C14H21ClN2/c15-13-9-5-8-12(10-13)14(17-16)11-6-3-1-2-4-7-11/h5,8-11,14,17H,1-4,6-7,16H2. The van der Waals surface area contributed by atoms with E-state index in [1.807, 2.05) is 18.2 Å². The molecule has 2 rings (SSSR count). The number of nitrogens with two attached hydrogens (primary N) is 1. The third-order valence-electron chi connectivity index (χ3n) is 3.76. The summed E-state index contributed by atoms with van der Waals surface area (Å²) in [6.07, 6.45) is 7.91. The van der Waals surface area contributed by atoms with Crippen LogP contribution in [0.1, 0.15) is 50.1 Å². The molecule has 2 nitrogen and oxygen atoms in total. The highest BCUT2D eigenvalue weighted by molar-refractivity contribution is 6.30. The van der Waals surface area contributed by atoms with Crippen molar-refractivity contribution in [2.24, 2.45) is 11.8 Å². The maximum atomic E-state index is 6.05. The van der Waals surface area contributed by atoms with E-state index in [9.17, 15) is 0 Å². The summed E-state index contributed by atoms with van der Waals surface area (Å²) in [7, 11) is 0. The van der Waals surface area contributed by atoms with E-state index >= 15 is 0 Å². The van der Waals surface area contributed by atoms with Gasteiger partial charge in [0.15, 0.2) is 0 Å². The molecule has 1 unspecified atom stereocenters. The number of halogens is 1. The van der Waals surface area contributed by atoms with Crippen LogP contribution in [-0.4, -0.2) is 0 Å². The van der Waals surface area contributed by atoms with Crippen LogP contribution in [0.2, 0.25) is 5.02 Å². The average molecular weight is 253 g/mol. The molecule has 1 atom stereocenters. The van der Waals surface area contributed by atoms with Gasteiger partial charge in [0.25, 0.3) is 0 Å². The second-order valence-electron chi connectivity index (χ2n) is 4.95. The Bertz CT molecular complexity index is 346. The van der Waals surface area contributed by atoms with E-state index in [-0.39, 0.29) is 6.04 Å². The van der Waals surface area contributed by atoms with Crippen LogP contribution in [0.5, 0.6) is 0 Å². The fourth-order valence-electron chi connectivity index (χ4n) is 2.85. The Labute approximate surface area is 109 Å². The highest BCUT2D eigenvalue weighted by atomic mass is 35.5. The van der Waals surface area contributed by atoms with E-state index in [0.29, 0.717) is 5.92 Å². The van der Waals surface area contributed by atoms with Crippen molar-refractivity contribution < 1.29 is 0 Å². The SMILES string of the molecule is NNC(c1cccc(Cl)c1)C1CCCCCC1. The Morgan fingerprint density at radius 1 is 1.18 bits per heavy atom. The second kappa shape index (κ2) is 6.39. The Kier molecular flexibility index (Phi) is 4.84. The number of benzene rings is 1. The van der Waals surface area contributed by atoms with Crippen molar-refractivity contribution in [3.63, 3.8) is 0 Å². The average Bonchev–Trinajstić information content (AvgIpc) is 2.59. The zero-order valence-electron chi connectivity index (χ0n) is 10.2. The van der Waals surface area contributed by atoms with Crippen LogP contribution in [0, 0.1) is 5.92 Å². The van der Waals surface area contributed by atoms with Gasteiger partial charge < -0.3 is 0 Å². The molecule has 1 aliphatic rings. The lowest BCUT2D eigenvalue weighted by Crippen LogP contribution is -2.33. The molecule has 0 aromatic heterocycles. The Hall–Kier alpha value is -0.570. The molecule has 3 N–H and O–H groups in total. The lowest BCUT2D eigenvalue weighted by molar-refractivity contribution is 0.329. The lowest BCUT2D eigenvalue weighted by atomic mass is 9.87. The highest BCUT2D eigenvalue weighted by Crippen LogP contribution is 2.33. The largest absolute Gasteiger partial charge is 0.271 e. The van der Waals surface area contributed by atoms with Gasteiger partial charge in [0, 0.05) is 11.1 Å². The minimum atomic E-state index is 0.242. The Balaban J connectivity index is 2.14. The fourth-order valence-corrected chi connectivity index (χ4v) is 3.05. The molecular weight excluding hydrogens is 232 g/mol. The number of nitrogens with one attached hydrogen (secondary N) is 1. The molecule has 94 valence electrons. The molecule has 1 aromatic carbocycles. The first-order valence-corrected chi connectivity index (χ1v) is 6.90. The topological polar surface area (TPSA) is 38.0 Å². The molecule has 1 saturated carbocycles. The van der Waals surface area contributed by atoms with Crippen LogP contribution in [0.3, 0.4) is 0 Å². The van der Waals surface area contributed by atoms with Crippen LogP contribution in [0.4, 0.5) is 0 Å². The maximum absolute atomic E-state index is 6.05. The molecule has 1 aliphatic carbocycles. The van der Waals surface area contributed by atoms with Gasteiger partial charge in [-0.2, -0.15) is 0 Å². The molecule has 1 aromatic rings. The quantitative estimate of drug-likeness (QED) is 0.488. The molecule has 3 heteroatoms. The Morgan fingerprint density at radius 2 is 1.88 bits per heavy atom. The first-order valence-electron chi connectivity index (χ1n) is 6.53. The summed E-state index contributed by atoms with van der Waals surface area (Å²) in [5.41, 5.74) is 4.20. The van der Waals surface area contributed by atoms with E-state index in [1.165, 1.54) is 44.1 Å². The number of hydrogen-bond donors (Lipinski definition) is 2. The summed E-state index contributed by atoms with van der Waals surface area (Å²) in [5, 5.41) is 0.788. The van der Waals surface area contributed by atoms with E-state index in [0.717, 1.165) is 5.02 Å². The number of hydrazine groups is 1. The van der Waals surface area contributed by atoms with Crippen molar-refractivity contribution in [1.29, 1.82) is 0 Å². The van der Waals surface area contributed by atoms with Crippen LogP contribution in [0.15, 0.2) is 24.3 Å². The molecule has 0 spiro atoms. The van der Waals surface area contributed by atoms with E-state index in [1.54, 1.807) is 0 Å². The molecule has 0 bridgehead atoms. The van der Waals surface area contributed by atoms with Crippen LogP contribution in [-0.2, 0) is 0 Å². The third kappa shape index (κ3) is 3.44. The molecule has 0 amide bonds. The third-order valence-corrected chi connectivity index (χ3v) is 3.99. The zero-order valence-corrected chi connectivity index (χ0v) is 10.9. The molecule has 0 saturated heterocycles. The van der Waals surface area contributed by atoms with Crippen molar-refractivity contribution in [2.45, 2.75) is 44.6 Å². The van der Waals surface area contributed by atoms with Gasteiger partial charge in [-0.05, 0) is 36.5 Å². The normalized spacial score (nSPS) is 19.9. The summed E-state index contributed by atoms with van der Waals surface area (Å²) in [6.45, 7) is 0. The lowest BCUT2D eigenvalue weighted by Gasteiger charge is -2.26. The summed E-state index contributed by atoms with van der Waals surface area (Å²) < 4.78 is 0. The molecule has 17 heavy (non-hydrogen) atoms. The molecule has 0 radical (unpaired) electrons. The minimum Gasteiger partial charge on any atom is -0.271 e. The van der Waals surface area contributed by atoms with E-state index in [2.05, 4.69) is 11.5 Å². The summed E-state index contributed by atoms with van der Waals surface area (Å²) in [6, 6.07) is 8.29. The highest BCUT2D eigenvalue weighted by Gasteiger charge is 2.23. The summed E-state index contributed by atoms with van der Waals surface area (Å²) in [4.78, 5) is 0. The molecule has 1 fully saturated rings. The van der Waals surface area contributed by atoms with Gasteiger partial charge in [-0.25, -0.2) is 0 Å². The Morgan fingerprint density at radius 3 is 2.47 bits per heavy atom. The zero-order chi connectivity index (χ0) is 12.1. The molecule has 0 heterocycles. The summed E-state index contributed by atoms with van der Waals surface area (Å²) in [5.74, 6) is 6.38. The number of hydrogen-bond acceptors (Lipinski definition) is 2. The minimum absolute atomic E-state index is 0.242. The predicted molar refractivity (Wildman–Crippen MR) is 72.7 cm³/mol. The van der Waals surface area contributed by atoms with Gasteiger partial charge in [0.1, 0.15) is 0 Å². The molecular formula is C14H21ClN2. The fraction of sp³-hybridized carbons (Fsp3) is 0.571. The van der Waals surface area contributed by atoms with E-state index in [4.69, 9.17) is 17.4 Å². The van der Waals surface area contributed by atoms with E-state index < -0.39 is 0 Å². The first kappa shape index (κ1) is 12.9. The van der Waals surface area contributed by atoms with Gasteiger partial charge in [0.2, 0.25) is 0 Å². The van der Waals surface area contributed by atoms with Gasteiger partial charge in [-0.3, -0.25) is 11.3 Å². The van der Waals surface area contributed by atoms with Gasteiger partial charge in [0.05, 0.1) is 0 Å². The smallest absolute Gasteiger partial charge is 0.0488 e. The predicted octanol–water partition coefficient (Wildman–Crippen LogP) is 3.81. The van der Waals surface area contributed by atoms with Gasteiger partial charge in [-0.1, -0.05) is 49.4 Å².